The lowest BCUT2D eigenvalue weighted by atomic mass is 10.2. The molecule has 1 aliphatic heterocycles. The summed E-state index contributed by atoms with van der Waals surface area (Å²) in [7, 11) is 1.54. The van der Waals surface area contributed by atoms with Crippen molar-refractivity contribution in [2.45, 2.75) is 12.5 Å². The van der Waals surface area contributed by atoms with Crippen LogP contribution in [0.1, 0.15) is 6.42 Å². The number of carbonyl (C=O) groups is 2. The van der Waals surface area contributed by atoms with Crippen molar-refractivity contribution in [3.05, 3.63) is 23.2 Å². The molecule has 17 heavy (non-hydrogen) atoms. The minimum Gasteiger partial charge on any atom is -0.497 e. The summed E-state index contributed by atoms with van der Waals surface area (Å²) in [6.07, 6.45) is 0.117. The third-order valence-electron chi connectivity index (χ3n) is 2.47. The SMILES string of the molecule is COc1ccc(Cl)c(NC2CC(=O)NC2=O)c1. The van der Waals surface area contributed by atoms with Crippen molar-refractivity contribution in [1.29, 1.82) is 0 Å². The van der Waals surface area contributed by atoms with Gasteiger partial charge in [-0.15, -0.1) is 0 Å². The van der Waals surface area contributed by atoms with E-state index in [2.05, 4.69) is 10.6 Å². The molecule has 1 saturated heterocycles. The fraction of sp³-hybridized carbons (Fsp3) is 0.273. The normalized spacial score (nSPS) is 19.1. The molecule has 1 atom stereocenters. The molecule has 0 radical (unpaired) electrons. The van der Waals surface area contributed by atoms with Crippen LogP contribution in [0.2, 0.25) is 5.02 Å². The second-order valence-electron chi connectivity index (χ2n) is 3.66. The number of hydrogen-bond acceptors (Lipinski definition) is 4. The van der Waals surface area contributed by atoms with Crippen LogP contribution in [-0.2, 0) is 9.59 Å². The van der Waals surface area contributed by atoms with E-state index in [0.29, 0.717) is 16.5 Å². The first-order valence-corrected chi connectivity index (χ1v) is 5.41. The van der Waals surface area contributed by atoms with E-state index in [4.69, 9.17) is 16.3 Å². The van der Waals surface area contributed by atoms with Gasteiger partial charge in [0.05, 0.1) is 24.2 Å². The molecule has 0 spiro atoms. The maximum atomic E-state index is 11.4. The highest BCUT2D eigenvalue weighted by Crippen LogP contribution is 2.28. The van der Waals surface area contributed by atoms with E-state index in [0.717, 1.165) is 0 Å². The minimum absolute atomic E-state index is 0.117. The molecule has 2 rings (SSSR count). The summed E-state index contributed by atoms with van der Waals surface area (Å²) < 4.78 is 5.06. The fourth-order valence-electron chi connectivity index (χ4n) is 1.60. The first-order chi connectivity index (χ1) is 8.10. The first kappa shape index (κ1) is 11.7. The highest BCUT2D eigenvalue weighted by atomic mass is 35.5. The van der Waals surface area contributed by atoms with Gasteiger partial charge >= 0.3 is 0 Å². The number of nitrogens with one attached hydrogen (secondary N) is 2. The molecule has 1 fully saturated rings. The van der Waals surface area contributed by atoms with E-state index in [1.165, 1.54) is 0 Å². The van der Waals surface area contributed by atoms with Crippen molar-refractivity contribution in [2.24, 2.45) is 0 Å². The molecule has 5 nitrogen and oxygen atoms in total. The molecule has 0 saturated carbocycles. The number of methoxy groups -OCH3 is 1. The molecule has 1 heterocycles. The van der Waals surface area contributed by atoms with Crippen molar-refractivity contribution in [2.75, 3.05) is 12.4 Å². The van der Waals surface area contributed by atoms with Gasteiger partial charge in [0.1, 0.15) is 11.8 Å². The van der Waals surface area contributed by atoms with E-state index in [9.17, 15) is 9.59 Å². The number of benzene rings is 1. The molecule has 2 N–H and O–H groups in total. The number of amides is 2. The van der Waals surface area contributed by atoms with Crippen LogP contribution in [-0.4, -0.2) is 25.0 Å². The van der Waals surface area contributed by atoms with Crippen LogP contribution in [0.15, 0.2) is 18.2 Å². The van der Waals surface area contributed by atoms with Crippen LogP contribution in [0.25, 0.3) is 0 Å². The number of rotatable bonds is 3. The van der Waals surface area contributed by atoms with Crippen LogP contribution >= 0.6 is 11.6 Å². The van der Waals surface area contributed by atoms with Gasteiger partial charge in [-0.25, -0.2) is 0 Å². The number of hydrogen-bond donors (Lipinski definition) is 2. The van der Waals surface area contributed by atoms with Crippen molar-refractivity contribution < 1.29 is 14.3 Å². The minimum atomic E-state index is -0.577. The quantitative estimate of drug-likeness (QED) is 0.795. The lowest BCUT2D eigenvalue weighted by Crippen LogP contribution is -2.30. The highest BCUT2D eigenvalue weighted by molar-refractivity contribution is 6.33. The van der Waals surface area contributed by atoms with E-state index < -0.39 is 6.04 Å². The molecule has 1 unspecified atom stereocenters. The van der Waals surface area contributed by atoms with Gasteiger partial charge in [0.25, 0.3) is 0 Å². The summed E-state index contributed by atoms with van der Waals surface area (Å²) in [4.78, 5) is 22.4. The van der Waals surface area contributed by atoms with Gasteiger partial charge in [0, 0.05) is 6.07 Å². The summed E-state index contributed by atoms with van der Waals surface area (Å²) in [5.74, 6) is 0.00189. The van der Waals surface area contributed by atoms with Crippen molar-refractivity contribution in [3.63, 3.8) is 0 Å². The average molecular weight is 255 g/mol. The Balaban J connectivity index is 2.18. The van der Waals surface area contributed by atoms with E-state index in [1.807, 2.05) is 0 Å². The largest absolute Gasteiger partial charge is 0.497 e. The van der Waals surface area contributed by atoms with Crippen LogP contribution in [0.4, 0.5) is 5.69 Å². The third kappa shape index (κ3) is 2.50. The number of anilines is 1. The molecule has 0 bridgehead atoms. The Morgan fingerprint density at radius 3 is 2.82 bits per heavy atom. The van der Waals surface area contributed by atoms with Crippen molar-refractivity contribution in [3.8, 4) is 5.75 Å². The summed E-state index contributed by atoms with van der Waals surface area (Å²) in [6, 6.07) is 4.48. The van der Waals surface area contributed by atoms with E-state index in [1.54, 1.807) is 25.3 Å². The molecule has 1 aliphatic rings. The predicted octanol–water partition coefficient (Wildman–Crippen LogP) is 1.18. The second kappa shape index (κ2) is 4.63. The smallest absolute Gasteiger partial charge is 0.249 e. The Kier molecular flexibility index (Phi) is 3.19. The molecule has 90 valence electrons. The van der Waals surface area contributed by atoms with E-state index >= 15 is 0 Å². The molecule has 6 heteroatoms. The van der Waals surface area contributed by atoms with Gasteiger partial charge in [0.15, 0.2) is 0 Å². The number of halogens is 1. The van der Waals surface area contributed by atoms with Crippen molar-refractivity contribution in [1.82, 2.24) is 5.32 Å². The maximum absolute atomic E-state index is 11.4. The second-order valence-corrected chi connectivity index (χ2v) is 4.07. The Labute approximate surface area is 103 Å². The molecule has 1 aromatic rings. The van der Waals surface area contributed by atoms with E-state index in [-0.39, 0.29) is 18.2 Å². The van der Waals surface area contributed by atoms with Gasteiger partial charge in [-0.3, -0.25) is 14.9 Å². The Bertz CT molecular complexity index is 476. The first-order valence-electron chi connectivity index (χ1n) is 5.04. The Hall–Kier alpha value is -1.75. The third-order valence-corrected chi connectivity index (χ3v) is 2.80. The number of carbonyl (C=O) groups excluding carboxylic acids is 2. The van der Waals surface area contributed by atoms with Gasteiger partial charge < -0.3 is 10.1 Å². The zero-order valence-corrected chi connectivity index (χ0v) is 9.88. The summed E-state index contributed by atoms with van der Waals surface area (Å²) >= 11 is 5.98. The van der Waals surface area contributed by atoms with Crippen LogP contribution in [0, 0.1) is 0 Å². The fourth-order valence-corrected chi connectivity index (χ4v) is 1.77. The van der Waals surface area contributed by atoms with Crippen molar-refractivity contribution >= 4 is 29.1 Å². The number of imide groups is 1. The lowest BCUT2D eigenvalue weighted by Gasteiger charge is -2.13. The molecule has 0 aromatic heterocycles. The Morgan fingerprint density at radius 1 is 1.47 bits per heavy atom. The van der Waals surface area contributed by atoms with Gasteiger partial charge in [-0.1, -0.05) is 11.6 Å². The predicted molar refractivity (Wildman–Crippen MR) is 63.2 cm³/mol. The zero-order valence-electron chi connectivity index (χ0n) is 9.12. The summed E-state index contributed by atoms with van der Waals surface area (Å²) in [6.45, 7) is 0. The highest BCUT2D eigenvalue weighted by Gasteiger charge is 2.30. The Morgan fingerprint density at radius 2 is 2.24 bits per heavy atom. The maximum Gasteiger partial charge on any atom is 0.249 e. The van der Waals surface area contributed by atoms with Gasteiger partial charge in [-0.2, -0.15) is 0 Å². The topological polar surface area (TPSA) is 67.4 Å². The molecular formula is C11H11ClN2O3. The van der Waals surface area contributed by atoms with Crippen LogP contribution < -0.4 is 15.4 Å². The number of ether oxygens (including phenoxy) is 1. The molecular weight excluding hydrogens is 244 g/mol. The summed E-state index contributed by atoms with van der Waals surface area (Å²) in [5.41, 5.74) is 0.570. The van der Waals surface area contributed by atoms with Crippen LogP contribution in [0.5, 0.6) is 5.75 Å². The molecule has 0 aliphatic carbocycles. The molecule has 2 amide bonds. The molecule has 1 aromatic carbocycles. The lowest BCUT2D eigenvalue weighted by molar-refractivity contribution is -0.124. The standard InChI is InChI=1S/C11H11ClN2O3/c1-17-6-2-3-7(12)8(4-6)13-9-5-10(15)14-11(9)16/h2-4,9,13H,5H2,1H3,(H,14,15,16). The van der Waals surface area contributed by atoms with Gasteiger partial charge in [-0.05, 0) is 12.1 Å². The average Bonchev–Trinajstić information content (AvgIpc) is 2.60. The van der Waals surface area contributed by atoms with Crippen LogP contribution in [0.3, 0.4) is 0 Å². The monoisotopic (exact) mass is 254 g/mol. The zero-order chi connectivity index (χ0) is 12.4. The summed E-state index contributed by atoms with van der Waals surface area (Å²) in [5, 5.41) is 5.61. The van der Waals surface area contributed by atoms with Gasteiger partial charge in [0.2, 0.25) is 11.8 Å².